The molecule has 3 rings (SSSR count). The molecular weight excluding hydrogens is 324 g/mol. The first kappa shape index (κ1) is 17.1. The fourth-order valence-corrected chi connectivity index (χ4v) is 2.64. The molecule has 1 aromatic carbocycles. The average molecular weight is 346 g/mol. The highest BCUT2D eigenvalue weighted by Gasteiger charge is 2.25. The predicted molar refractivity (Wildman–Crippen MR) is 92.6 cm³/mol. The Hall–Kier alpha value is -2.77. The van der Waals surface area contributed by atoms with Crippen molar-refractivity contribution in [1.29, 1.82) is 0 Å². The van der Waals surface area contributed by atoms with Crippen molar-refractivity contribution in [3.63, 3.8) is 0 Å². The van der Waals surface area contributed by atoms with Gasteiger partial charge < -0.3 is 19.0 Å². The molecule has 2 heterocycles. The molecule has 2 aromatic rings. The number of rotatable bonds is 2. The number of ether oxygens (including phenoxy) is 1. The van der Waals surface area contributed by atoms with E-state index in [2.05, 4.69) is 15.1 Å². The van der Waals surface area contributed by atoms with Crippen LogP contribution >= 0.6 is 0 Å². The van der Waals surface area contributed by atoms with Crippen LogP contribution in [-0.4, -0.2) is 53.0 Å². The first-order valence-corrected chi connectivity index (χ1v) is 8.21. The number of anilines is 1. The van der Waals surface area contributed by atoms with Gasteiger partial charge in [0.1, 0.15) is 5.60 Å². The van der Waals surface area contributed by atoms with Gasteiger partial charge >= 0.3 is 11.8 Å². The van der Waals surface area contributed by atoms with Crippen LogP contribution in [0.1, 0.15) is 20.8 Å². The van der Waals surface area contributed by atoms with Crippen molar-refractivity contribution >= 4 is 11.8 Å². The van der Waals surface area contributed by atoms with Gasteiger partial charge in [-0.15, -0.1) is 5.10 Å². The van der Waals surface area contributed by atoms with Crippen molar-refractivity contribution in [2.75, 3.05) is 31.1 Å². The van der Waals surface area contributed by atoms with Gasteiger partial charge in [-0.2, -0.15) is 0 Å². The van der Waals surface area contributed by atoms with Crippen LogP contribution in [0.15, 0.2) is 33.5 Å². The van der Waals surface area contributed by atoms with E-state index in [-0.39, 0.29) is 12.0 Å². The van der Waals surface area contributed by atoms with Crippen LogP contribution in [0.4, 0.5) is 10.5 Å². The summed E-state index contributed by atoms with van der Waals surface area (Å²) >= 11 is 0. The lowest BCUT2D eigenvalue weighted by Gasteiger charge is -2.36. The summed E-state index contributed by atoms with van der Waals surface area (Å²) in [7, 11) is 0. The maximum Gasteiger partial charge on any atom is 0.434 e. The van der Waals surface area contributed by atoms with Gasteiger partial charge in [0.05, 0.1) is 0 Å². The third-order valence-corrected chi connectivity index (χ3v) is 3.85. The molecule has 1 aliphatic rings. The number of hydrogen-bond acceptors (Lipinski definition) is 6. The lowest BCUT2D eigenvalue weighted by molar-refractivity contribution is 0.0240. The highest BCUT2D eigenvalue weighted by molar-refractivity contribution is 5.68. The summed E-state index contributed by atoms with van der Waals surface area (Å²) < 4.78 is 10.3. The molecule has 0 bridgehead atoms. The Balaban J connectivity index is 1.59. The van der Waals surface area contributed by atoms with Crippen molar-refractivity contribution < 1.29 is 13.9 Å². The molecule has 0 spiro atoms. The van der Waals surface area contributed by atoms with E-state index in [1.807, 2.05) is 45.0 Å². The molecule has 1 fully saturated rings. The monoisotopic (exact) mass is 346 g/mol. The average Bonchev–Trinajstić information content (AvgIpc) is 3.00. The van der Waals surface area contributed by atoms with E-state index in [9.17, 15) is 9.59 Å². The first-order valence-electron chi connectivity index (χ1n) is 8.21. The van der Waals surface area contributed by atoms with Gasteiger partial charge in [0.15, 0.2) is 0 Å². The van der Waals surface area contributed by atoms with E-state index >= 15 is 0 Å². The van der Waals surface area contributed by atoms with Crippen LogP contribution in [0.3, 0.4) is 0 Å². The van der Waals surface area contributed by atoms with Crippen molar-refractivity contribution in [2.45, 2.75) is 26.4 Å². The van der Waals surface area contributed by atoms with Crippen molar-refractivity contribution in [2.24, 2.45) is 0 Å². The van der Waals surface area contributed by atoms with Crippen LogP contribution < -0.4 is 10.7 Å². The maximum absolute atomic E-state index is 12.1. The summed E-state index contributed by atoms with van der Waals surface area (Å²) in [5.74, 6) is -0.302. The molecule has 1 saturated heterocycles. The number of aromatic amines is 1. The van der Waals surface area contributed by atoms with E-state index in [4.69, 9.17) is 9.15 Å². The van der Waals surface area contributed by atoms with E-state index in [1.54, 1.807) is 4.90 Å². The number of nitrogens with zero attached hydrogens (tertiary/aromatic N) is 3. The summed E-state index contributed by atoms with van der Waals surface area (Å²) in [6.45, 7) is 8.29. The molecule has 8 heteroatoms. The first-order chi connectivity index (χ1) is 11.8. The van der Waals surface area contributed by atoms with Crippen LogP contribution in [0, 0.1) is 0 Å². The third-order valence-electron chi connectivity index (χ3n) is 3.85. The molecule has 1 aliphatic heterocycles. The molecule has 0 unspecified atom stereocenters. The number of aromatic nitrogens is 2. The van der Waals surface area contributed by atoms with Gasteiger partial charge in [0.25, 0.3) is 0 Å². The minimum Gasteiger partial charge on any atom is -0.444 e. The Morgan fingerprint density at radius 3 is 2.32 bits per heavy atom. The molecule has 134 valence electrons. The molecule has 8 nitrogen and oxygen atoms in total. The second-order valence-corrected chi connectivity index (χ2v) is 6.92. The highest BCUT2D eigenvalue weighted by Crippen LogP contribution is 2.22. The second-order valence-electron chi connectivity index (χ2n) is 6.92. The normalized spacial score (nSPS) is 15.3. The highest BCUT2D eigenvalue weighted by atomic mass is 16.6. The van der Waals surface area contributed by atoms with E-state index < -0.39 is 11.4 Å². The number of benzene rings is 1. The van der Waals surface area contributed by atoms with Gasteiger partial charge in [0.2, 0.25) is 5.89 Å². The summed E-state index contributed by atoms with van der Waals surface area (Å²) in [5.41, 5.74) is 1.30. The van der Waals surface area contributed by atoms with E-state index in [1.165, 1.54) is 0 Å². The molecule has 25 heavy (non-hydrogen) atoms. The van der Waals surface area contributed by atoms with Gasteiger partial charge in [0, 0.05) is 37.4 Å². The second kappa shape index (κ2) is 6.62. The summed E-state index contributed by atoms with van der Waals surface area (Å²) in [6, 6.07) is 7.61. The van der Waals surface area contributed by atoms with Crippen LogP contribution in [0.2, 0.25) is 0 Å². The molecule has 0 atom stereocenters. The number of carbonyl (C=O) groups excluding carboxylic acids is 1. The van der Waals surface area contributed by atoms with Crippen molar-refractivity contribution in [3.05, 3.63) is 34.8 Å². The minimum absolute atomic E-state index is 0.268. The molecule has 0 aliphatic carbocycles. The fourth-order valence-electron chi connectivity index (χ4n) is 2.64. The number of H-pyrrole nitrogens is 1. The third kappa shape index (κ3) is 4.20. The molecule has 1 aromatic heterocycles. The Morgan fingerprint density at radius 2 is 1.80 bits per heavy atom. The molecular formula is C17H22N4O4. The van der Waals surface area contributed by atoms with E-state index in [0.717, 1.165) is 24.3 Å². The Kier molecular flexibility index (Phi) is 4.52. The largest absolute Gasteiger partial charge is 0.444 e. The summed E-state index contributed by atoms with van der Waals surface area (Å²) in [5, 5.41) is 6.06. The number of nitrogens with one attached hydrogen (secondary N) is 1. The lowest BCUT2D eigenvalue weighted by Crippen LogP contribution is -2.50. The van der Waals surface area contributed by atoms with Crippen molar-refractivity contribution in [3.8, 4) is 11.5 Å². The number of carbonyl (C=O) groups is 1. The van der Waals surface area contributed by atoms with E-state index in [0.29, 0.717) is 13.1 Å². The molecule has 1 N–H and O–H groups in total. The SMILES string of the molecule is CC(C)(C)OC(=O)N1CCN(c2ccc(-c3n[nH]c(=O)o3)cc2)CC1. The number of amides is 1. The molecule has 0 radical (unpaired) electrons. The zero-order valence-electron chi connectivity index (χ0n) is 14.6. The smallest absolute Gasteiger partial charge is 0.434 e. The predicted octanol–water partition coefficient (Wildman–Crippen LogP) is 2.09. The van der Waals surface area contributed by atoms with Gasteiger partial charge in [-0.05, 0) is 45.0 Å². The Bertz CT molecular complexity index is 780. The van der Waals surface area contributed by atoms with Crippen molar-refractivity contribution in [1.82, 2.24) is 15.1 Å². The summed E-state index contributed by atoms with van der Waals surface area (Å²) in [6.07, 6.45) is -0.268. The molecule has 0 saturated carbocycles. The zero-order valence-corrected chi connectivity index (χ0v) is 14.6. The lowest BCUT2D eigenvalue weighted by atomic mass is 10.2. The van der Waals surface area contributed by atoms with Gasteiger partial charge in [-0.1, -0.05) is 0 Å². The number of piperazine rings is 1. The Labute approximate surface area is 145 Å². The molecule has 1 amide bonds. The van der Waals surface area contributed by atoms with Gasteiger partial charge in [-0.25, -0.2) is 14.7 Å². The number of hydrogen-bond donors (Lipinski definition) is 1. The minimum atomic E-state index is -0.572. The summed E-state index contributed by atoms with van der Waals surface area (Å²) in [4.78, 5) is 27.0. The van der Waals surface area contributed by atoms with Crippen LogP contribution in [0.25, 0.3) is 11.5 Å². The van der Waals surface area contributed by atoms with Crippen LogP contribution in [-0.2, 0) is 4.74 Å². The van der Waals surface area contributed by atoms with Crippen LogP contribution in [0.5, 0.6) is 0 Å². The van der Waals surface area contributed by atoms with Gasteiger partial charge in [-0.3, -0.25) is 0 Å². The topological polar surface area (TPSA) is 91.7 Å². The standard InChI is InChI=1S/C17H22N4O4/c1-17(2,3)25-16(23)21-10-8-20(9-11-21)13-6-4-12(5-7-13)14-18-19-15(22)24-14/h4-7H,8-11H2,1-3H3,(H,19,22). The fraction of sp³-hybridized carbons (Fsp3) is 0.471. The quantitative estimate of drug-likeness (QED) is 0.895. The Morgan fingerprint density at radius 1 is 1.16 bits per heavy atom. The maximum atomic E-state index is 12.1. The zero-order chi connectivity index (χ0) is 18.0.